The molecule has 0 saturated heterocycles. The fourth-order valence-corrected chi connectivity index (χ4v) is 2.43. The lowest BCUT2D eigenvalue weighted by atomic mass is 10.2. The number of nitrogens with two attached hydrogens (primary N) is 1. The van der Waals surface area contributed by atoms with Gasteiger partial charge in [-0.25, -0.2) is 0 Å². The monoisotopic (exact) mass is 320 g/mol. The van der Waals surface area contributed by atoms with Crippen LogP contribution in [0.2, 0.25) is 10.6 Å². The number of aromatic nitrogens is 3. The topological polar surface area (TPSA) is 119 Å². The molecule has 0 unspecified atom stereocenters. The SMILES string of the molecule is Nc1ccc(S(=O)(=O)O)c(-c2nc(Cl)nc(Cl)n2)c1. The second-order valence-corrected chi connectivity index (χ2v) is 5.49. The maximum atomic E-state index is 11.3. The van der Waals surface area contributed by atoms with Gasteiger partial charge in [0.15, 0.2) is 5.82 Å². The maximum absolute atomic E-state index is 11.3. The molecule has 19 heavy (non-hydrogen) atoms. The number of hydrogen-bond donors (Lipinski definition) is 2. The minimum atomic E-state index is -4.47. The van der Waals surface area contributed by atoms with Gasteiger partial charge in [-0.15, -0.1) is 0 Å². The van der Waals surface area contributed by atoms with Crippen LogP contribution in [0.1, 0.15) is 0 Å². The Bertz CT molecular complexity index is 731. The van der Waals surface area contributed by atoms with Gasteiger partial charge in [-0.2, -0.15) is 23.4 Å². The quantitative estimate of drug-likeness (QED) is 0.638. The van der Waals surface area contributed by atoms with E-state index in [1.807, 2.05) is 0 Å². The van der Waals surface area contributed by atoms with Gasteiger partial charge in [0.05, 0.1) is 0 Å². The Balaban J connectivity index is 2.77. The minimum absolute atomic E-state index is 0.0197. The van der Waals surface area contributed by atoms with Gasteiger partial charge in [0, 0.05) is 11.3 Å². The zero-order chi connectivity index (χ0) is 14.2. The molecule has 0 spiro atoms. The second kappa shape index (κ2) is 4.89. The van der Waals surface area contributed by atoms with Crippen molar-refractivity contribution in [1.29, 1.82) is 0 Å². The Kier molecular flexibility index (Phi) is 3.59. The van der Waals surface area contributed by atoms with Crippen molar-refractivity contribution in [2.24, 2.45) is 0 Å². The highest BCUT2D eigenvalue weighted by molar-refractivity contribution is 7.86. The Labute approximate surface area is 118 Å². The molecule has 1 aromatic carbocycles. The van der Waals surface area contributed by atoms with E-state index in [0.717, 1.165) is 6.07 Å². The van der Waals surface area contributed by atoms with Crippen LogP contribution in [0, 0.1) is 0 Å². The normalized spacial score (nSPS) is 11.5. The largest absolute Gasteiger partial charge is 0.399 e. The van der Waals surface area contributed by atoms with Gasteiger partial charge in [0.1, 0.15) is 4.90 Å². The number of nitrogens with zero attached hydrogens (tertiary/aromatic N) is 3. The fourth-order valence-electron chi connectivity index (χ4n) is 1.39. The van der Waals surface area contributed by atoms with Crippen LogP contribution in [-0.2, 0) is 10.1 Å². The van der Waals surface area contributed by atoms with E-state index in [4.69, 9.17) is 33.5 Å². The molecule has 0 radical (unpaired) electrons. The van der Waals surface area contributed by atoms with Crippen molar-refractivity contribution in [3.63, 3.8) is 0 Å². The molecule has 3 N–H and O–H groups in total. The van der Waals surface area contributed by atoms with E-state index in [9.17, 15) is 8.42 Å². The Morgan fingerprint density at radius 3 is 2.21 bits per heavy atom. The third kappa shape index (κ3) is 3.10. The Morgan fingerprint density at radius 1 is 1.11 bits per heavy atom. The lowest BCUT2D eigenvalue weighted by molar-refractivity contribution is 0.483. The highest BCUT2D eigenvalue weighted by atomic mass is 35.5. The summed E-state index contributed by atoms with van der Waals surface area (Å²) in [6, 6.07) is 3.73. The second-order valence-electron chi connectivity index (χ2n) is 3.43. The van der Waals surface area contributed by atoms with E-state index in [-0.39, 0.29) is 27.6 Å². The first-order chi connectivity index (χ1) is 8.77. The van der Waals surface area contributed by atoms with Gasteiger partial charge in [0.25, 0.3) is 10.1 Å². The van der Waals surface area contributed by atoms with Crippen LogP contribution in [0.4, 0.5) is 5.69 Å². The van der Waals surface area contributed by atoms with Gasteiger partial charge in [0.2, 0.25) is 10.6 Å². The number of benzene rings is 1. The van der Waals surface area contributed by atoms with Crippen LogP contribution < -0.4 is 5.73 Å². The number of rotatable bonds is 2. The summed E-state index contributed by atoms with van der Waals surface area (Å²) in [5, 5.41) is -0.419. The maximum Gasteiger partial charge on any atom is 0.295 e. The minimum Gasteiger partial charge on any atom is -0.399 e. The summed E-state index contributed by atoms with van der Waals surface area (Å²) in [7, 11) is -4.47. The van der Waals surface area contributed by atoms with Crippen molar-refractivity contribution >= 4 is 39.0 Å². The van der Waals surface area contributed by atoms with E-state index < -0.39 is 15.0 Å². The molecule has 10 heteroatoms. The van der Waals surface area contributed by atoms with Crippen LogP contribution in [-0.4, -0.2) is 27.9 Å². The van der Waals surface area contributed by atoms with E-state index in [1.54, 1.807) is 0 Å². The van der Waals surface area contributed by atoms with E-state index in [0.29, 0.717) is 0 Å². The molecule has 100 valence electrons. The molecule has 2 aromatic rings. The zero-order valence-corrected chi connectivity index (χ0v) is 11.4. The molecule has 7 nitrogen and oxygen atoms in total. The third-order valence-corrected chi connectivity index (χ3v) is 3.35. The van der Waals surface area contributed by atoms with Gasteiger partial charge in [-0.05, 0) is 41.4 Å². The number of hydrogen-bond acceptors (Lipinski definition) is 6. The zero-order valence-electron chi connectivity index (χ0n) is 9.08. The van der Waals surface area contributed by atoms with Gasteiger partial charge in [-0.1, -0.05) is 0 Å². The molecule has 0 saturated carbocycles. The standard InChI is InChI=1S/C9H6Cl2N4O3S/c10-8-13-7(14-9(11)15-8)5-3-4(12)1-2-6(5)19(16,17)18/h1-3H,12H2,(H,16,17,18). The number of halogens is 2. The first-order valence-corrected chi connectivity index (χ1v) is 6.91. The molecular formula is C9H6Cl2N4O3S. The molecule has 0 aliphatic rings. The van der Waals surface area contributed by atoms with Crippen molar-refractivity contribution in [3.05, 3.63) is 28.8 Å². The van der Waals surface area contributed by atoms with E-state index in [1.165, 1.54) is 12.1 Å². The van der Waals surface area contributed by atoms with Crippen molar-refractivity contribution in [2.75, 3.05) is 5.73 Å². The molecule has 0 fully saturated rings. The van der Waals surface area contributed by atoms with E-state index in [2.05, 4.69) is 15.0 Å². The molecule has 2 rings (SSSR count). The first kappa shape index (κ1) is 13.9. The molecular weight excluding hydrogens is 315 g/mol. The number of nitrogen functional groups attached to an aromatic ring is 1. The predicted octanol–water partition coefficient (Wildman–Crippen LogP) is 1.67. The highest BCUT2D eigenvalue weighted by Gasteiger charge is 2.19. The number of anilines is 1. The van der Waals surface area contributed by atoms with Crippen LogP contribution in [0.5, 0.6) is 0 Å². The molecule has 1 heterocycles. The molecule has 0 amide bonds. The van der Waals surface area contributed by atoms with Crippen molar-refractivity contribution in [2.45, 2.75) is 4.90 Å². The summed E-state index contributed by atoms with van der Waals surface area (Å²) in [4.78, 5) is 10.6. The molecule has 0 aliphatic carbocycles. The summed E-state index contributed by atoms with van der Waals surface area (Å²) in [6.45, 7) is 0. The van der Waals surface area contributed by atoms with Gasteiger partial charge >= 0.3 is 0 Å². The predicted molar refractivity (Wildman–Crippen MR) is 69.5 cm³/mol. The summed E-state index contributed by atoms with van der Waals surface area (Å²) < 4.78 is 31.7. The average molecular weight is 321 g/mol. The lowest BCUT2D eigenvalue weighted by Gasteiger charge is -2.07. The molecule has 0 aliphatic heterocycles. The lowest BCUT2D eigenvalue weighted by Crippen LogP contribution is -2.04. The van der Waals surface area contributed by atoms with Crippen molar-refractivity contribution in [3.8, 4) is 11.4 Å². The van der Waals surface area contributed by atoms with Crippen LogP contribution in [0.3, 0.4) is 0 Å². The Hall–Kier alpha value is -1.48. The summed E-state index contributed by atoms with van der Waals surface area (Å²) >= 11 is 11.2. The highest BCUT2D eigenvalue weighted by Crippen LogP contribution is 2.27. The molecule has 0 atom stereocenters. The summed E-state index contributed by atoms with van der Waals surface area (Å²) in [5.41, 5.74) is 5.81. The van der Waals surface area contributed by atoms with Gasteiger partial charge in [-0.3, -0.25) is 4.55 Å². The van der Waals surface area contributed by atoms with E-state index >= 15 is 0 Å². The van der Waals surface area contributed by atoms with Crippen LogP contribution in [0.25, 0.3) is 11.4 Å². The van der Waals surface area contributed by atoms with Crippen LogP contribution >= 0.6 is 23.2 Å². The summed E-state index contributed by atoms with van der Waals surface area (Å²) in [5.74, 6) is -0.107. The molecule has 0 bridgehead atoms. The first-order valence-electron chi connectivity index (χ1n) is 4.72. The average Bonchev–Trinajstić information content (AvgIpc) is 2.25. The van der Waals surface area contributed by atoms with Crippen LogP contribution in [0.15, 0.2) is 23.1 Å². The smallest absolute Gasteiger partial charge is 0.295 e. The third-order valence-electron chi connectivity index (χ3n) is 2.10. The Morgan fingerprint density at radius 2 is 1.68 bits per heavy atom. The van der Waals surface area contributed by atoms with Gasteiger partial charge < -0.3 is 5.73 Å². The fraction of sp³-hybridized carbons (Fsp3) is 0. The van der Waals surface area contributed by atoms with Crippen molar-refractivity contribution < 1.29 is 13.0 Å². The molecule has 1 aromatic heterocycles. The van der Waals surface area contributed by atoms with Crippen molar-refractivity contribution in [1.82, 2.24) is 15.0 Å². The summed E-state index contributed by atoms with van der Waals surface area (Å²) in [6.07, 6.45) is 0.